The molecule has 0 aliphatic heterocycles. The Bertz CT molecular complexity index is 620. The number of rotatable bonds is 2. The Morgan fingerprint density at radius 2 is 1.75 bits per heavy atom. The summed E-state index contributed by atoms with van der Waals surface area (Å²) in [5.41, 5.74) is 6.11. The zero-order valence-electron chi connectivity index (χ0n) is 10.7. The third-order valence-electron chi connectivity index (χ3n) is 3.06. The molecular weight excluding hydrogens is 270 g/mol. The number of halogens is 4. The van der Waals surface area contributed by atoms with Gasteiger partial charge in [-0.1, -0.05) is 29.8 Å². The fraction of sp³-hybridized carbons (Fsp3) is 0.200. The van der Waals surface area contributed by atoms with E-state index in [-0.39, 0.29) is 5.56 Å². The fourth-order valence-corrected chi connectivity index (χ4v) is 2.09. The van der Waals surface area contributed by atoms with Gasteiger partial charge in [0.2, 0.25) is 0 Å². The summed E-state index contributed by atoms with van der Waals surface area (Å²) >= 11 is 0. The van der Waals surface area contributed by atoms with Gasteiger partial charge in [0, 0.05) is 0 Å². The molecule has 0 aromatic heterocycles. The Morgan fingerprint density at radius 3 is 2.35 bits per heavy atom. The number of alkyl halides is 3. The van der Waals surface area contributed by atoms with Gasteiger partial charge in [0.1, 0.15) is 5.82 Å². The lowest BCUT2D eigenvalue weighted by molar-refractivity contribution is -0.138. The first kappa shape index (κ1) is 14.5. The minimum absolute atomic E-state index is 0.261. The van der Waals surface area contributed by atoms with Crippen molar-refractivity contribution in [3.05, 3.63) is 70.5 Å². The van der Waals surface area contributed by atoms with E-state index in [9.17, 15) is 17.6 Å². The topological polar surface area (TPSA) is 26.0 Å². The summed E-state index contributed by atoms with van der Waals surface area (Å²) in [5, 5.41) is 0. The van der Waals surface area contributed by atoms with Crippen LogP contribution in [0.15, 0.2) is 42.5 Å². The van der Waals surface area contributed by atoms with E-state index in [2.05, 4.69) is 0 Å². The molecule has 0 aliphatic carbocycles. The van der Waals surface area contributed by atoms with Gasteiger partial charge in [0.15, 0.2) is 0 Å². The molecule has 1 atom stereocenters. The molecular formula is C15H13F4N. The van der Waals surface area contributed by atoms with Crippen molar-refractivity contribution in [3.63, 3.8) is 0 Å². The number of hydrogen-bond acceptors (Lipinski definition) is 1. The van der Waals surface area contributed by atoms with Gasteiger partial charge >= 0.3 is 6.18 Å². The molecule has 1 nitrogen and oxygen atoms in total. The second kappa shape index (κ2) is 5.25. The molecule has 2 aromatic rings. The van der Waals surface area contributed by atoms with Crippen molar-refractivity contribution in [3.8, 4) is 0 Å². The van der Waals surface area contributed by atoms with Crippen molar-refractivity contribution in [2.24, 2.45) is 5.73 Å². The predicted molar refractivity (Wildman–Crippen MR) is 68.6 cm³/mol. The van der Waals surface area contributed by atoms with E-state index in [0.29, 0.717) is 5.56 Å². The Balaban J connectivity index is 2.54. The standard InChI is InChI=1S/C15H13F4N/c1-9-3-2-4-10(7-9)14(20)12-8-11(16)5-6-13(12)15(17,18)19/h2-8,14H,20H2,1H3. The summed E-state index contributed by atoms with van der Waals surface area (Å²) in [6.07, 6.45) is -4.57. The SMILES string of the molecule is Cc1cccc(C(N)c2cc(F)ccc2C(F)(F)F)c1. The van der Waals surface area contributed by atoms with Gasteiger partial charge in [-0.2, -0.15) is 13.2 Å². The van der Waals surface area contributed by atoms with Crippen LogP contribution in [0.5, 0.6) is 0 Å². The predicted octanol–water partition coefficient (Wildman–Crippen LogP) is 4.20. The molecule has 106 valence electrons. The minimum atomic E-state index is -4.57. The van der Waals surface area contributed by atoms with Gasteiger partial charge in [0.25, 0.3) is 0 Å². The summed E-state index contributed by atoms with van der Waals surface area (Å²) < 4.78 is 52.1. The third-order valence-corrected chi connectivity index (χ3v) is 3.06. The van der Waals surface area contributed by atoms with Gasteiger partial charge in [-0.15, -0.1) is 0 Å². The Hall–Kier alpha value is -1.88. The van der Waals surface area contributed by atoms with Crippen LogP contribution in [0.25, 0.3) is 0 Å². The lowest BCUT2D eigenvalue weighted by Crippen LogP contribution is -2.19. The number of hydrogen-bond donors (Lipinski definition) is 1. The van der Waals surface area contributed by atoms with E-state index in [4.69, 9.17) is 5.73 Å². The van der Waals surface area contributed by atoms with Crippen LogP contribution in [0.2, 0.25) is 0 Å². The Morgan fingerprint density at radius 1 is 1.05 bits per heavy atom. The first-order chi connectivity index (χ1) is 9.29. The second-order valence-electron chi connectivity index (χ2n) is 4.62. The van der Waals surface area contributed by atoms with Crippen LogP contribution in [0.1, 0.15) is 28.3 Å². The fourth-order valence-electron chi connectivity index (χ4n) is 2.09. The van der Waals surface area contributed by atoms with E-state index in [1.807, 2.05) is 13.0 Å². The van der Waals surface area contributed by atoms with Crippen molar-refractivity contribution in [2.45, 2.75) is 19.1 Å². The number of benzene rings is 2. The molecule has 0 radical (unpaired) electrons. The van der Waals surface area contributed by atoms with E-state index in [1.54, 1.807) is 18.2 Å². The molecule has 0 fully saturated rings. The van der Waals surface area contributed by atoms with Crippen LogP contribution in [0.4, 0.5) is 17.6 Å². The van der Waals surface area contributed by atoms with Crippen LogP contribution in [-0.2, 0) is 6.18 Å². The maximum atomic E-state index is 13.3. The number of aryl methyl sites for hydroxylation is 1. The summed E-state index contributed by atoms with van der Waals surface area (Å²) in [6, 6.07) is 8.16. The maximum Gasteiger partial charge on any atom is 0.416 e. The van der Waals surface area contributed by atoms with Crippen molar-refractivity contribution < 1.29 is 17.6 Å². The molecule has 5 heteroatoms. The lowest BCUT2D eigenvalue weighted by atomic mass is 9.94. The van der Waals surface area contributed by atoms with Crippen LogP contribution in [0.3, 0.4) is 0 Å². The van der Waals surface area contributed by atoms with Crippen LogP contribution in [0, 0.1) is 12.7 Å². The Labute approximate surface area is 114 Å². The minimum Gasteiger partial charge on any atom is -0.320 e. The highest BCUT2D eigenvalue weighted by atomic mass is 19.4. The molecule has 2 aromatic carbocycles. The largest absolute Gasteiger partial charge is 0.416 e. The molecule has 0 aliphatic rings. The van der Waals surface area contributed by atoms with Crippen molar-refractivity contribution >= 4 is 0 Å². The zero-order chi connectivity index (χ0) is 14.9. The summed E-state index contributed by atoms with van der Waals surface area (Å²) in [4.78, 5) is 0. The first-order valence-electron chi connectivity index (χ1n) is 5.98. The van der Waals surface area contributed by atoms with Gasteiger partial charge in [-0.25, -0.2) is 4.39 Å². The molecule has 0 heterocycles. The summed E-state index contributed by atoms with van der Waals surface area (Å²) in [5.74, 6) is -0.740. The average molecular weight is 283 g/mol. The quantitative estimate of drug-likeness (QED) is 0.821. The smallest absolute Gasteiger partial charge is 0.320 e. The lowest BCUT2D eigenvalue weighted by Gasteiger charge is -2.19. The second-order valence-corrected chi connectivity index (χ2v) is 4.62. The van der Waals surface area contributed by atoms with Crippen LogP contribution < -0.4 is 5.73 Å². The maximum absolute atomic E-state index is 13.3. The highest BCUT2D eigenvalue weighted by Crippen LogP contribution is 2.36. The molecule has 20 heavy (non-hydrogen) atoms. The average Bonchev–Trinajstić information content (AvgIpc) is 2.36. The molecule has 0 amide bonds. The Kier molecular flexibility index (Phi) is 3.81. The molecule has 0 saturated carbocycles. The highest BCUT2D eigenvalue weighted by Gasteiger charge is 2.35. The highest BCUT2D eigenvalue weighted by molar-refractivity contribution is 5.39. The summed E-state index contributed by atoms with van der Waals surface area (Å²) in [7, 11) is 0. The molecule has 2 rings (SSSR count). The van der Waals surface area contributed by atoms with E-state index >= 15 is 0 Å². The van der Waals surface area contributed by atoms with Gasteiger partial charge in [-0.3, -0.25) is 0 Å². The first-order valence-corrected chi connectivity index (χ1v) is 5.98. The molecule has 2 N–H and O–H groups in total. The normalized spacial score (nSPS) is 13.3. The molecule has 1 unspecified atom stereocenters. The van der Waals surface area contributed by atoms with Crippen LogP contribution in [-0.4, -0.2) is 0 Å². The van der Waals surface area contributed by atoms with Crippen molar-refractivity contribution in [1.29, 1.82) is 0 Å². The third kappa shape index (κ3) is 2.99. The van der Waals surface area contributed by atoms with Crippen molar-refractivity contribution in [1.82, 2.24) is 0 Å². The monoisotopic (exact) mass is 283 g/mol. The van der Waals surface area contributed by atoms with Gasteiger partial charge < -0.3 is 5.73 Å². The van der Waals surface area contributed by atoms with E-state index < -0.39 is 23.6 Å². The summed E-state index contributed by atoms with van der Waals surface area (Å²) in [6.45, 7) is 1.81. The number of nitrogens with two attached hydrogens (primary N) is 1. The van der Waals surface area contributed by atoms with Gasteiger partial charge in [0.05, 0.1) is 11.6 Å². The van der Waals surface area contributed by atoms with Crippen LogP contribution >= 0.6 is 0 Å². The zero-order valence-corrected chi connectivity index (χ0v) is 10.7. The molecule has 0 bridgehead atoms. The molecule has 0 spiro atoms. The van der Waals surface area contributed by atoms with E-state index in [1.165, 1.54) is 0 Å². The van der Waals surface area contributed by atoms with E-state index in [0.717, 1.165) is 23.8 Å². The molecule has 0 saturated heterocycles. The van der Waals surface area contributed by atoms with Gasteiger partial charge in [-0.05, 0) is 36.2 Å². The van der Waals surface area contributed by atoms with Crippen molar-refractivity contribution in [2.75, 3.05) is 0 Å².